The van der Waals surface area contributed by atoms with Crippen LogP contribution in [0.15, 0.2) is 48.5 Å². The van der Waals surface area contributed by atoms with Gasteiger partial charge < -0.3 is 5.32 Å². The van der Waals surface area contributed by atoms with Crippen molar-refractivity contribution in [3.05, 3.63) is 65.5 Å². The van der Waals surface area contributed by atoms with Gasteiger partial charge in [0.25, 0.3) is 0 Å². The van der Waals surface area contributed by atoms with E-state index in [2.05, 4.69) is 5.32 Å². The van der Waals surface area contributed by atoms with Crippen molar-refractivity contribution in [3.63, 3.8) is 0 Å². The molecule has 17 heavy (non-hydrogen) atoms. The van der Waals surface area contributed by atoms with E-state index in [0.717, 1.165) is 11.3 Å². The van der Waals surface area contributed by atoms with Gasteiger partial charge in [-0.1, -0.05) is 29.9 Å². The van der Waals surface area contributed by atoms with Crippen LogP contribution in [-0.2, 0) is 0 Å². The molecule has 2 rings (SSSR count). The van der Waals surface area contributed by atoms with Crippen molar-refractivity contribution in [2.24, 2.45) is 0 Å². The lowest BCUT2D eigenvalue weighted by molar-refractivity contribution is 0.628. The van der Waals surface area contributed by atoms with Crippen LogP contribution in [0, 0.1) is 12.7 Å². The number of rotatable bonds is 2. The summed E-state index contributed by atoms with van der Waals surface area (Å²) in [5, 5.41) is 3.11. The molecule has 0 aliphatic carbocycles. The van der Waals surface area contributed by atoms with E-state index in [0.29, 0.717) is 4.99 Å². The van der Waals surface area contributed by atoms with Crippen molar-refractivity contribution in [1.82, 2.24) is 0 Å². The molecule has 0 heterocycles. The Hall–Kier alpha value is -1.74. The predicted octanol–water partition coefficient (Wildman–Crippen LogP) is 3.92. The number of benzene rings is 2. The Morgan fingerprint density at radius 3 is 2.18 bits per heavy atom. The molecule has 0 aliphatic heterocycles. The molecular formula is C14H12FNS. The minimum Gasteiger partial charge on any atom is -0.346 e. The highest BCUT2D eigenvalue weighted by atomic mass is 32.1. The van der Waals surface area contributed by atoms with Crippen LogP contribution < -0.4 is 5.32 Å². The molecule has 0 saturated carbocycles. The highest BCUT2D eigenvalue weighted by molar-refractivity contribution is 7.81. The third kappa shape index (κ3) is 3.11. The monoisotopic (exact) mass is 245 g/mol. The van der Waals surface area contributed by atoms with Crippen LogP contribution in [-0.4, -0.2) is 4.99 Å². The maximum Gasteiger partial charge on any atom is 0.123 e. The van der Waals surface area contributed by atoms with E-state index in [4.69, 9.17) is 12.2 Å². The topological polar surface area (TPSA) is 12.0 Å². The molecule has 0 radical (unpaired) electrons. The quantitative estimate of drug-likeness (QED) is 0.805. The third-order valence-electron chi connectivity index (χ3n) is 2.42. The molecule has 1 N–H and O–H groups in total. The Labute approximate surface area is 105 Å². The minimum atomic E-state index is -0.258. The molecule has 0 bridgehead atoms. The Morgan fingerprint density at radius 1 is 1.00 bits per heavy atom. The molecule has 2 aromatic rings. The lowest BCUT2D eigenvalue weighted by Gasteiger charge is -2.08. The number of aryl methyl sites for hydroxylation is 1. The predicted molar refractivity (Wildman–Crippen MR) is 72.9 cm³/mol. The Balaban J connectivity index is 2.11. The van der Waals surface area contributed by atoms with Gasteiger partial charge in [-0.05, 0) is 43.3 Å². The largest absolute Gasteiger partial charge is 0.346 e. The van der Waals surface area contributed by atoms with Gasteiger partial charge in [0.1, 0.15) is 10.8 Å². The highest BCUT2D eigenvalue weighted by Gasteiger charge is 2.01. The first-order valence-corrected chi connectivity index (χ1v) is 5.69. The van der Waals surface area contributed by atoms with E-state index >= 15 is 0 Å². The van der Waals surface area contributed by atoms with Gasteiger partial charge >= 0.3 is 0 Å². The van der Waals surface area contributed by atoms with Crippen molar-refractivity contribution in [1.29, 1.82) is 0 Å². The van der Waals surface area contributed by atoms with Crippen molar-refractivity contribution in [3.8, 4) is 0 Å². The molecular weight excluding hydrogens is 233 g/mol. The summed E-state index contributed by atoms with van der Waals surface area (Å²) in [6.07, 6.45) is 0. The number of hydrogen-bond acceptors (Lipinski definition) is 1. The Bertz CT molecular complexity index is 517. The lowest BCUT2D eigenvalue weighted by atomic mass is 10.2. The van der Waals surface area contributed by atoms with Gasteiger partial charge in [-0.25, -0.2) is 4.39 Å². The standard InChI is InChI=1S/C14H12FNS/c1-10-2-8-13(9-3-10)16-14(17)11-4-6-12(15)7-5-11/h2-9H,1H3,(H,16,17). The summed E-state index contributed by atoms with van der Waals surface area (Å²) in [4.78, 5) is 0.592. The smallest absolute Gasteiger partial charge is 0.123 e. The van der Waals surface area contributed by atoms with Gasteiger partial charge in [-0.3, -0.25) is 0 Å². The van der Waals surface area contributed by atoms with E-state index in [1.54, 1.807) is 12.1 Å². The lowest BCUT2D eigenvalue weighted by Crippen LogP contribution is -2.10. The third-order valence-corrected chi connectivity index (χ3v) is 2.75. The summed E-state index contributed by atoms with van der Waals surface area (Å²) in [5.74, 6) is -0.258. The molecule has 3 heteroatoms. The molecule has 1 nitrogen and oxygen atoms in total. The molecule has 0 fully saturated rings. The molecule has 0 aliphatic rings. The van der Waals surface area contributed by atoms with Crippen LogP contribution in [0.2, 0.25) is 0 Å². The highest BCUT2D eigenvalue weighted by Crippen LogP contribution is 2.12. The van der Waals surface area contributed by atoms with Gasteiger partial charge in [0.05, 0.1) is 0 Å². The fraction of sp³-hybridized carbons (Fsp3) is 0.0714. The van der Waals surface area contributed by atoms with E-state index in [9.17, 15) is 4.39 Å². The first kappa shape index (κ1) is 11.7. The number of anilines is 1. The minimum absolute atomic E-state index is 0.258. The zero-order chi connectivity index (χ0) is 12.3. The van der Waals surface area contributed by atoms with Crippen molar-refractivity contribution >= 4 is 22.9 Å². The number of halogens is 1. The van der Waals surface area contributed by atoms with Crippen LogP contribution >= 0.6 is 12.2 Å². The number of hydrogen-bond donors (Lipinski definition) is 1. The summed E-state index contributed by atoms with van der Waals surface area (Å²) in [6.45, 7) is 2.03. The van der Waals surface area contributed by atoms with Crippen molar-refractivity contribution < 1.29 is 4.39 Å². The maximum atomic E-state index is 12.8. The van der Waals surface area contributed by atoms with Crippen LogP contribution in [0.4, 0.5) is 10.1 Å². The van der Waals surface area contributed by atoms with E-state index < -0.39 is 0 Å². The molecule has 0 saturated heterocycles. The summed E-state index contributed by atoms with van der Waals surface area (Å²) in [7, 11) is 0. The van der Waals surface area contributed by atoms with Crippen LogP contribution in [0.1, 0.15) is 11.1 Å². The maximum absolute atomic E-state index is 12.8. The SMILES string of the molecule is Cc1ccc(NC(=S)c2ccc(F)cc2)cc1. The van der Waals surface area contributed by atoms with Crippen LogP contribution in [0.3, 0.4) is 0 Å². The summed E-state index contributed by atoms with van der Waals surface area (Å²) < 4.78 is 12.8. The van der Waals surface area contributed by atoms with Gasteiger partial charge in [0, 0.05) is 11.3 Å². The molecule has 86 valence electrons. The fourth-order valence-electron chi connectivity index (χ4n) is 1.44. The van der Waals surface area contributed by atoms with E-state index in [1.807, 2.05) is 31.2 Å². The zero-order valence-electron chi connectivity index (χ0n) is 9.41. The van der Waals surface area contributed by atoms with Gasteiger partial charge in [0.15, 0.2) is 0 Å². The second kappa shape index (κ2) is 5.06. The number of thiocarbonyl (C=S) groups is 1. The van der Waals surface area contributed by atoms with Gasteiger partial charge in [-0.15, -0.1) is 0 Å². The van der Waals surface area contributed by atoms with Gasteiger partial charge in [-0.2, -0.15) is 0 Å². The first-order valence-electron chi connectivity index (χ1n) is 5.29. The second-order valence-corrected chi connectivity index (χ2v) is 4.24. The normalized spacial score (nSPS) is 10.0. The van der Waals surface area contributed by atoms with E-state index in [1.165, 1.54) is 17.7 Å². The molecule has 0 atom stereocenters. The molecule has 0 aromatic heterocycles. The average molecular weight is 245 g/mol. The molecule has 0 amide bonds. The first-order chi connectivity index (χ1) is 8.15. The Morgan fingerprint density at radius 2 is 1.59 bits per heavy atom. The fourth-order valence-corrected chi connectivity index (χ4v) is 1.70. The molecule has 2 aromatic carbocycles. The average Bonchev–Trinajstić information content (AvgIpc) is 2.33. The van der Waals surface area contributed by atoms with E-state index in [-0.39, 0.29) is 5.82 Å². The van der Waals surface area contributed by atoms with Crippen molar-refractivity contribution in [2.45, 2.75) is 6.92 Å². The Kier molecular flexibility index (Phi) is 3.49. The zero-order valence-corrected chi connectivity index (χ0v) is 10.2. The van der Waals surface area contributed by atoms with Crippen molar-refractivity contribution in [2.75, 3.05) is 5.32 Å². The van der Waals surface area contributed by atoms with Crippen LogP contribution in [0.25, 0.3) is 0 Å². The second-order valence-electron chi connectivity index (χ2n) is 3.83. The van der Waals surface area contributed by atoms with Crippen LogP contribution in [0.5, 0.6) is 0 Å². The molecule has 0 unspecified atom stereocenters. The van der Waals surface area contributed by atoms with Gasteiger partial charge in [0.2, 0.25) is 0 Å². The molecule has 0 spiro atoms. The summed E-state index contributed by atoms with van der Waals surface area (Å²) >= 11 is 5.25. The summed E-state index contributed by atoms with van der Waals surface area (Å²) in [5.41, 5.74) is 2.94. The number of nitrogens with one attached hydrogen (secondary N) is 1. The summed E-state index contributed by atoms with van der Waals surface area (Å²) in [6, 6.07) is 14.1.